The van der Waals surface area contributed by atoms with Crippen LogP contribution in [0.3, 0.4) is 0 Å². The van der Waals surface area contributed by atoms with Gasteiger partial charge in [0, 0.05) is 31.8 Å². The van der Waals surface area contributed by atoms with Crippen molar-refractivity contribution in [1.82, 2.24) is 4.90 Å². The predicted octanol–water partition coefficient (Wildman–Crippen LogP) is 2.78. The van der Waals surface area contributed by atoms with Crippen LogP contribution in [0.1, 0.15) is 58.3 Å². The lowest BCUT2D eigenvalue weighted by molar-refractivity contribution is 0.0609. The van der Waals surface area contributed by atoms with Crippen molar-refractivity contribution in [1.29, 1.82) is 0 Å². The van der Waals surface area contributed by atoms with E-state index in [1.807, 2.05) is 0 Å². The minimum absolute atomic E-state index is 0.360. The molecule has 0 spiro atoms. The Kier molecular flexibility index (Phi) is 6.11. The highest BCUT2D eigenvalue weighted by Gasteiger charge is 2.36. The summed E-state index contributed by atoms with van der Waals surface area (Å²) in [6, 6.07) is 1.62. The van der Waals surface area contributed by atoms with Gasteiger partial charge in [0.05, 0.1) is 6.61 Å². The molecule has 2 saturated carbocycles. The maximum absolute atomic E-state index is 6.50. The van der Waals surface area contributed by atoms with Gasteiger partial charge >= 0.3 is 0 Å². The van der Waals surface area contributed by atoms with Crippen molar-refractivity contribution in [2.75, 3.05) is 20.3 Å². The minimum atomic E-state index is 0.360. The Bertz CT molecular complexity index is 255. The zero-order valence-corrected chi connectivity index (χ0v) is 12.8. The number of rotatable bonds is 6. The summed E-state index contributed by atoms with van der Waals surface area (Å²) in [6.07, 6.45) is 10.7. The van der Waals surface area contributed by atoms with Crippen molar-refractivity contribution in [2.24, 2.45) is 11.7 Å². The average molecular weight is 268 g/mol. The van der Waals surface area contributed by atoms with Crippen molar-refractivity contribution < 1.29 is 4.74 Å². The summed E-state index contributed by atoms with van der Waals surface area (Å²) in [5.74, 6) is 0.912. The van der Waals surface area contributed by atoms with E-state index in [4.69, 9.17) is 10.5 Å². The molecular weight excluding hydrogens is 236 g/mol. The van der Waals surface area contributed by atoms with E-state index >= 15 is 0 Å². The van der Waals surface area contributed by atoms with E-state index in [0.717, 1.165) is 19.1 Å². The van der Waals surface area contributed by atoms with Gasteiger partial charge in [-0.15, -0.1) is 0 Å². The molecule has 0 amide bonds. The molecule has 3 nitrogen and oxygen atoms in total. The van der Waals surface area contributed by atoms with Crippen LogP contribution in [0.5, 0.6) is 0 Å². The van der Waals surface area contributed by atoms with Crippen LogP contribution in [-0.4, -0.2) is 43.3 Å². The Morgan fingerprint density at radius 3 is 2.42 bits per heavy atom. The summed E-state index contributed by atoms with van der Waals surface area (Å²) >= 11 is 0. The van der Waals surface area contributed by atoms with Crippen molar-refractivity contribution in [3.8, 4) is 0 Å². The van der Waals surface area contributed by atoms with Crippen LogP contribution >= 0.6 is 0 Å². The van der Waals surface area contributed by atoms with E-state index < -0.39 is 0 Å². The molecule has 0 aromatic carbocycles. The molecule has 2 aliphatic rings. The lowest BCUT2D eigenvalue weighted by Gasteiger charge is -2.40. The molecule has 2 aliphatic carbocycles. The van der Waals surface area contributed by atoms with Gasteiger partial charge in [0.1, 0.15) is 0 Å². The third kappa shape index (κ3) is 4.44. The number of hydrogen-bond donors (Lipinski definition) is 1. The van der Waals surface area contributed by atoms with Gasteiger partial charge < -0.3 is 10.5 Å². The molecule has 0 aliphatic heterocycles. The van der Waals surface area contributed by atoms with E-state index in [0.29, 0.717) is 18.1 Å². The quantitative estimate of drug-likeness (QED) is 0.805. The number of nitrogens with zero attached hydrogens (tertiary/aromatic N) is 1. The molecule has 3 atom stereocenters. The third-order valence-electron chi connectivity index (χ3n) is 5.09. The molecule has 0 heterocycles. The monoisotopic (exact) mass is 268 g/mol. The van der Waals surface area contributed by atoms with Gasteiger partial charge in [0.15, 0.2) is 0 Å². The third-order valence-corrected chi connectivity index (χ3v) is 5.09. The number of ether oxygens (including phenoxy) is 1. The first-order valence-corrected chi connectivity index (χ1v) is 8.24. The Morgan fingerprint density at radius 2 is 1.79 bits per heavy atom. The second kappa shape index (κ2) is 7.61. The Hall–Kier alpha value is -0.120. The first-order valence-electron chi connectivity index (χ1n) is 8.24. The summed E-state index contributed by atoms with van der Waals surface area (Å²) in [5.41, 5.74) is 6.50. The van der Waals surface area contributed by atoms with Gasteiger partial charge in [0.25, 0.3) is 0 Å². The molecule has 0 bridgehead atoms. The van der Waals surface area contributed by atoms with Crippen LogP contribution in [-0.2, 0) is 4.74 Å². The summed E-state index contributed by atoms with van der Waals surface area (Å²) in [6.45, 7) is 4.28. The first kappa shape index (κ1) is 15.3. The van der Waals surface area contributed by atoms with Crippen LogP contribution in [0.2, 0.25) is 0 Å². The molecule has 3 heteroatoms. The maximum Gasteiger partial charge on any atom is 0.0589 e. The van der Waals surface area contributed by atoms with Crippen molar-refractivity contribution in [3.63, 3.8) is 0 Å². The predicted molar refractivity (Wildman–Crippen MR) is 80.2 cm³/mol. The van der Waals surface area contributed by atoms with Crippen molar-refractivity contribution in [3.05, 3.63) is 0 Å². The second-order valence-electron chi connectivity index (χ2n) is 6.53. The molecule has 0 saturated heterocycles. The van der Waals surface area contributed by atoms with Gasteiger partial charge in [-0.1, -0.05) is 25.7 Å². The molecular formula is C16H32N2O. The molecule has 2 rings (SSSR count). The van der Waals surface area contributed by atoms with Crippen molar-refractivity contribution in [2.45, 2.75) is 76.4 Å². The summed E-state index contributed by atoms with van der Waals surface area (Å²) in [7, 11) is 1.80. The van der Waals surface area contributed by atoms with Gasteiger partial charge in [-0.25, -0.2) is 0 Å². The molecule has 0 radical (unpaired) electrons. The van der Waals surface area contributed by atoms with E-state index in [2.05, 4.69) is 11.8 Å². The summed E-state index contributed by atoms with van der Waals surface area (Å²) in [5, 5.41) is 0. The molecule has 19 heavy (non-hydrogen) atoms. The molecule has 0 aromatic rings. The molecule has 2 fully saturated rings. The SMILES string of the molecule is COCCN(C(C)C1CC1)C1CCCCCCC1N. The van der Waals surface area contributed by atoms with Crippen LogP contribution < -0.4 is 5.73 Å². The number of hydrogen-bond acceptors (Lipinski definition) is 3. The molecule has 0 aromatic heterocycles. The fraction of sp³-hybridized carbons (Fsp3) is 1.00. The molecule has 2 N–H and O–H groups in total. The van der Waals surface area contributed by atoms with E-state index in [-0.39, 0.29) is 0 Å². The van der Waals surface area contributed by atoms with E-state index in [1.165, 1.54) is 51.4 Å². The van der Waals surface area contributed by atoms with Crippen molar-refractivity contribution >= 4 is 0 Å². The van der Waals surface area contributed by atoms with E-state index in [1.54, 1.807) is 7.11 Å². The Labute approximate surface area is 118 Å². The van der Waals surface area contributed by atoms with Gasteiger partial charge in [-0.05, 0) is 38.5 Å². The average Bonchev–Trinajstić information content (AvgIpc) is 3.21. The Balaban J connectivity index is 1.99. The minimum Gasteiger partial charge on any atom is -0.383 e. The highest BCUT2D eigenvalue weighted by atomic mass is 16.5. The number of nitrogens with two attached hydrogens (primary N) is 1. The normalized spacial score (nSPS) is 30.9. The van der Waals surface area contributed by atoms with Gasteiger partial charge in [-0.3, -0.25) is 4.90 Å². The Morgan fingerprint density at radius 1 is 1.11 bits per heavy atom. The highest BCUT2D eigenvalue weighted by molar-refractivity contribution is 4.92. The largest absolute Gasteiger partial charge is 0.383 e. The molecule has 112 valence electrons. The van der Waals surface area contributed by atoms with Gasteiger partial charge in [0.2, 0.25) is 0 Å². The van der Waals surface area contributed by atoms with Crippen LogP contribution in [0, 0.1) is 5.92 Å². The summed E-state index contributed by atoms with van der Waals surface area (Å²) < 4.78 is 5.32. The standard InChI is InChI=1S/C16H32N2O/c1-13(14-9-10-14)18(11-12-19-2)16-8-6-4-3-5-7-15(16)17/h13-16H,3-12,17H2,1-2H3. The zero-order chi connectivity index (χ0) is 13.7. The fourth-order valence-electron chi connectivity index (χ4n) is 3.62. The highest BCUT2D eigenvalue weighted by Crippen LogP contribution is 2.37. The summed E-state index contributed by atoms with van der Waals surface area (Å²) in [4.78, 5) is 2.68. The van der Waals surface area contributed by atoms with Crippen LogP contribution in [0.4, 0.5) is 0 Å². The fourth-order valence-corrected chi connectivity index (χ4v) is 3.62. The first-order chi connectivity index (χ1) is 9.24. The maximum atomic E-state index is 6.50. The van der Waals surface area contributed by atoms with E-state index in [9.17, 15) is 0 Å². The topological polar surface area (TPSA) is 38.5 Å². The zero-order valence-electron chi connectivity index (χ0n) is 12.8. The van der Waals surface area contributed by atoms with Gasteiger partial charge in [-0.2, -0.15) is 0 Å². The van der Waals surface area contributed by atoms with Crippen LogP contribution in [0.15, 0.2) is 0 Å². The smallest absolute Gasteiger partial charge is 0.0589 e. The lowest BCUT2D eigenvalue weighted by atomic mass is 9.90. The number of methoxy groups -OCH3 is 1. The second-order valence-corrected chi connectivity index (χ2v) is 6.53. The van der Waals surface area contributed by atoms with Crippen LogP contribution in [0.25, 0.3) is 0 Å². The molecule has 3 unspecified atom stereocenters. The lowest BCUT2D eigenvalue weighted by Crippen LogP contribution is -2.53.